The van der Waals surface area contributed by atoms with Crippen molar-refractivity contribution in [3.63, 3.8) is 0 Å². The Kier molecular flexibility index (Phi) is 19.0. The summed E-state index contributed by atoms with van der Waals surface area (Å²) in [5.74, 6) is -1.11. The number of carbonyl (C=O) groups excluding carboxylic acids is 2. The van der Waals surface area contributed by atoms with Gasteiger partial charge in [0.1, 0.15) is 19.8 Å². The third-order valence-corrected chi connectivity index (χ3v) is 7.09. The van der Waals surface area contributed by atoms with Gasteiger partial charge in [0.05, 0.1) is 40.0 Å². The van der Waals surface area contributed by atoms with Crippen molar-refractivity contribution in [2.45, 2.75) is 96.4 Å². The predicted octanol–water partition coefficient (Wildman–Crippen LogP) is 5.03. The highest BCUT2D eigenvalue weighted by molar-refractivity contribution is 7.45. The average Bonchev–Trinajstić information content (AvgIpc) is 3.63. The number of hydrogen-bond donors (Lipinski definition) is 0. The quantitative estimate of drug-likeness (QED) is 0.0374. The molecule has 0 bridgehead atoms. The highest BCUT2D eigenvalue weighted by atomic mass is 31.2. The fourth-order valence-electron chi connectivity index (χ4n) is 3.65. The Bertz CT molecular complexity index is 882. The number of carbonyl (C=O) groups is 2. The van der Waals surface area contributed by atoms with E-state index in [1.54, 1.807) is 0 Å². The van der Waals surface area contributed by atoms with Gasteiger partial charge in [0.2, 0.25) is 0 Å². The Morgan fingerprint density at radius 1 is 0.927 bits per heavy atom. The number of esters is 2. The molecular weight excluding hydrogens is 549 g/mol. The summed E-state index contributed by atoms with van der Waals surface area (Å²) in [5, 5.41) is 0. The highest BCUT2D eigenvalue weighted by Crippen LogP contribution is 2.38. The van der Waals surface area contributed by atoms with Crippen LogP contribution in [0, 0.1) is 0 Å². The maximum absolute atomic E-state index is 12.3. The highest BCUT2D eigenvalue weighted by Gasteiger charge is 2.35. The Morgan fingerprint density at radius 3 is 2.22 bits per heavy atom. The van der Waals surface area contributed by atoms with Crippen molar-refractivity contribution in [1.29, 1.82) is 0 Å². The molecule has 0 amide bonds. The van der Waals surface area contributed by atoms with Crippen molar-refractivity contribution < 1.29 is 46.8 Å². The zero-order valence-electron chi connectivity index (χ0n) is 25.7. The van der Waals surface area contributed by atoms with Gasteiger partial charge in [-0.3, -0.25) is 14.2 Å². The molecule has 1 fully saturated rings. The van der Waals surface area contributed by atoms with Gasteiger partial charge in [-0.2, -0.15) is 0 Å². The van der Waals surface area contributed by atoms with Crippen LogP contribution in [0.1, 0.15) is 78.1 Å². The summed E-state index contributed by atoms with van der Waals surface area (Å²) in [6, 6.07) is 0. The monoisotopic (exact) mass is 601 g/mol. The van der Waals surface area contributed by atoms with Gasteiger partial charge in [-0.05, 0) is 44.9 Å². The Balaban J connectivity index is 2.22. The molecule has 11 heteroatoms. The maximum atomic E-state index is 12.3. The van der Waals surface area contributed by atoms with E-state index in [9.17, 15) is 19.0 Å². The van der Waals surface area contributed by atoms with Crippen molar-refractivity contribution in [2.75, 3.05) is 47.5 Å². The number of rotatable bonds is 24. The lowest BCUT2D eigenvalue weighted by Gasteiger charge is -2.28. The zero-order chi connectivity index (χ0) is 30.6. The second kappa shape index (κ2) is 21.0. The van der Waals surface area contributed by atoms with Gasteiger partial charge in [0.15, 0.2) is 6.10 Å². The number of nitrogens with zero attached hydrogens (tertiary/aromatic N) is 1. The van der Waals surface area contributed by atoms with Gasteiger partial charge in [-0.15, -0.1) is 0 Å². The van der Waals surface area contributed by atoms with Crippen LogP contribution in [0.25, 0.3) is 0 Å². The van der Waals surface area contributed by atoms with Crippen molar-refractivity contribution in [3.8, 4) is 0 Å². The fourth-order valence-corrected chi connectivity index (χ4v) is 4.38. The van der Waals surface area contributed by atoms with E-state index in [-0.39, 0.29) is 19.6 Å². The summed E-state index contributed by atoms with van der Waals surface area (Å²) in [7, 11) is 1.10. The van der Waals surface area contributed by atoms with Gasteiger partial charge in [-0.1, -0.05) is 56.2 Å². The first-order valence-electron chi connectivity index (χ1n) is 14.8. The molecule has 1 aliphatic heterocycles. The first kappa shape index (κ1) is 37.2. The molecule has 0 aromatic carbocycles. The minimum atomic E-state index is -4.60. The molecule has 3 unspecified atom stereocenters. The van der Waals surface area contributed by atoms with Crippen LogP contribution in [-0.2, 0) is 37.4 Å². The summed E-state index contributed by atoms with van der Waals surface area (Å²) in [4.78, 5) is 35.4. The molecule has 1 rings (SSSR count). The smallest absolute Gasteiger partial charge is 0.306 e. The predicted molar refractivity (Wildman–Crippen MR) is 157 cm³/mol. The van der Waals surface area contributed by atoms with E-state index in [4.69, 9.17) is 23.3 Å². The molecule has 0 aromatic heterocycles. The van der Waals surface area contributed by atoms with Crippen LogP contribution >= 0.6 is 7.82 Å². The Labute approximate surface area is 246 Å². The molecule has 41 heavy (non-hydrogen) atoms. The summed E-state index contributed by atoms with van der Waals surface area (Å²) >= 11 is 0. The SMILES string of the molecule is CCCCC/C=C\CC1OC1C/C=C\C/C=C\CCCC(=O)O[C@H](COC(C)=O)COP(=O)([O-])OCC[N+](C)(C)C. The lowest BCUT2D eigenvalue weighted by atomic mass is 10.1. The molecule has 0 spiro atoms. The molecule has 4 atom stereocenters. The van der Waals surface area contributed by atoms with E-state index in [1.165, 1.54) is 26.2 Å². The van der Waals surface area contributed by atoms with Crippen LogP contribution in [0.3, 0.4) is 0 Å². The van der Waals surface area contributed by atoms with Crippen LogP contribution in [0.4, 0.5) is 0 Å². The summed E-state index contributed by atoms with van der Waals surface area (Å²) in [6.45, 7) is 3.02. The van der Waals surface area contributed by atoms with Gasteiger partial charge >= 0.3 is 11.9 Å². The molecule has 0 aliphatic carbocycles. The van der Waals surface area contributed by atoms with E-state index in [0.717, 1.165) is 25.7 Å². The van der Waals surface area contributed by atoms with E-state index in [2.05, 4.69) is 31.2 Å². The van der Waals surface area contributed by atoms with Gasteiger partial charge in [0, 0.05) is 13.3 Å². The number of phosphoric ester groups is 1. The van der Waals surface area contributed by atoms with Gasteiger partial charge < -0.3 is 32.6 Å². The van der Waals surface area contributed by atoms with Crippen molar-refractivity contribution in [2.24, 2.45) is 0 Å². The number of quaternary nitrogens is 1. The second-order valence-corrected chi connectivity index (χ2v) is 12.6. The Hall–Kier alpha value is -1.81. The number of hydrogen-bond acceptors (Lipinski definition) is 9. The van der Waals surface area contributed by atoms with Crippen LogP contribution < -0.4 is 4.89 Å². The molecular formula is C30H52NO9P. The molecule has 10 nitrogen and oxygen atoms in total. The van der Waals surface area contributed by atoms with Crippen LogP contribution in [0.2, 0.25) is 0 Å². The summed E-state index contributed by atoms with van der Waals surface area (Å²) < 4.78 is 38.1. The molecule has 1 saturated heterocycles. The number of ether oxygens (including phenoxy) is 3. The fraction of sp³-hybridized carbons (Fsp3) is 0.733. The van der Waals surface area contributed by atoms with Crippen molar-refractivity contribution >= 4 is 19.8 Å². The largest absolute Gasteiger partial charge is 0.756 e. The molecule has 0 aromatic rings. The van der Waals surface area contributed by atoms with E-state index >= 15 is 0 Å². The number of likely N-dealkylation sites (N-methyl/N-ethyl adjacent to an activating group) is 1. The van der Waals surface area contributed by atoms with E-state index in [0.29, 0.717) is 36.1 Å². The number of allylic oxidation sites excluding steroid dienone is 4. The van der Waals surface area contributed by atoms with E-state index < -0.39 is 32.5 Å². The standard InChI is InChI=1S/C30H52NO9P/c1-6-7-8-9-13-16-19-28-29(40-28)20-17-14-11-10-12-15-18-21-30(33)39-27(24-36-26(2)32)25-38-41(34,35)37-23-22-31(3,4)5/h10,12-14,16-17,27-29H,6-9,11,15,18-25H2,1-5H3/b12-10-,16-13-,17-14-/t27-,28?,29?/m1/s1. The molecule has 1 heterocycles. The number of phosphoric acid groups is 1. The number of unbranched alkanes of at least 4 members (excludes halogenated alkanes) is 4. The lowest BCUT2D eigenvalue weighted by Crippen LogP contribution is -2.37. The van der Waals surface area contributed by atoms with Crippen LogP contribution in [0.5, 0.6) is 0 Å². The van der Waals surface area contributed by atoms with Gasteiger partial charge in [-0.25, -0.2) is 0 Å². The van der Waals surface area contributed by atoms with E-state index in [1.807, 2.05) is 33.3 Å². The van der Waals surface area contributed by atoms with Crippen molar-refractivity contribution in [1.82, 2.24) is 0 Å². The average molecular weight is 602 g/mol. The summed E-state index contributed by atoms with van der Waals surface area (Å²) in [6.07, 6.45) is 21.6. The topological polar surface area (TPSA) is 124 Å². The normalized spacial score (nSPS) is 19.6. The zero-order valence-corrected chi connectivity index (χ0v) is 26.6. The van der Waals surface area contributed by atoms with Gasteiger partial charge in [0.25, 0.3) is 7.82 Å². The van der Waals surface area contributed by atoms with Crippen molar-refractivity contribution in [3.05, 3.63) is 36.5 Å². The second-order valence-electron chi connectivity index (χ2n) is 11.2. The summed E-state index contributed by atoms with van der Waals surface area (Å²) in [5.41, 5.74) is 0. The molecule has 1 aliphatic rings. The molecule has 236 valence electrons. The first-order chi connectivity index (χ1) is 19.4. The third-order valence-electron chi connectivity index (χ3n) is 6.12. The molecule has 0 radical (unpaired) electrons. The van der Waals surface area contributed by atoms with Crippen LogP contribution in [-0.4, -0.2) is 82.2 Å². The third kappa shape index (κ3) is 22.5. The molecule has 0 saturated carbocycles. The minimum Gasteiger partial charge on any atom is -0.756 e. The Morgan fingerprint density at radius 2 is 1.56 bits per heavy atom. The molecule has 0 N–H and O–H groups in total. The first-order valence-corrected chi connectivity index (χ1v) is 16.2. The van der Waals surface area contributed by atoms with Crippen LogP contribution in [0.15, 0.2) is 36.5 Å². The number of epoxide rings is 1. The lowest BCUT2D eigenvalue weighted by molar-refractivity contribution is -0.870. The minimum absolute atomic E-state index is 0.0471. The maximum Gasteiger partial charge on any atom is 0.306 e.